The summed E-state index contributed by atoms with van der Waals surface area (Å²) in [6.45, 7) is 0.268. The van der Waals surface area contributed by atoms with Crippen LogP contribution in [0, 0.1) is 17.6 Å². The van der Waals surface area contributed by atoms with Crippen molar-refractivity contribution in [1.82, 2.24) is 14.3 Å². The Morgan fingerprint density at radius 1 is 1.13 bits per heavy atom. The number of thiazole rings is 1. The lowest BCUT2D eigenvalue weighted by Crippen LogP contribution is -2.44. The Labute approximate surface area is 222 Å². The molecule has 1 amide bonds. The number of aromatic nitrogens is 2. The quantitative estimate of drug-likeness (QED) is 0.329. The third-order valence-electron chi connectivity index (χ3n) is 6.44. The van der Waals surface area contributed by atoms with Crippen molar-refractivity contribution in [2.75, 3.05) is 25.1 Å². The van der Waals surface area contributed by atoms with Crippen LogP contribution in [0.1, 0.15) is 18.5 Å². The molecule has 1 aliphatic rings. The molecule has 1 aliphatic heterocycles. The number of anilines is 1. The van der Waals surface area contributed by atoms with E-state index in [2.05, 4.69) is 9.97 Å². The Bertz CT molecular complexity index is 1570. The number of methoxy groups -OCH3 is 1. The van der Waals surface area contributed by atoms with Crippen LogP contribution < -0.4 is 9.64 Å². The van der Waals surface area contributed by atoms with Gasteiger partial charge < -0.3 is 4.74 Å². The monoisotopic (exact) mass is 558 g/mol. The second-order valence-corrected chi connectivity index (χ2v) is 11.7. The largest absolute Gasteiger partial charge is 0.497 e. The summed E-state index contributed by atoms with van der Waals surface area (Å²) < 4.78 is 60.8. The van der Waals surface area contributed by atoms with Gasteiger partial charge in [0.05, 0.1) is 29.6 Å². The molecule has 1 fully saturated rings. The van der Waals surface area contributed by atoms with E-state index in [1.54, 1.807) is 30.3 Å². The average molecular weight is 559 g/mol. The van der Waals surface area contributed by atoms with Gasteiger partial charge >= 0.3 is 0 Å². The normalized spacial score (nSPS) is 15.0. The highest BCUT2D eigenvalue weighted by molar-refractivity contribution is 7.89. The molecule has 0 N–H and O–H groups in total. The van der Waals surface area contributed by atoms with Crippen LogP contribution in [0.15, 0.2) is 65.7 Å². The van der Waals surface area contributed by atoms with E-state index >= 15 is 0 Å². The van der Waals surface area contributed by atoms with Gasteiger partial charge in [0.25, 0.3) is 0 Å². The SMILES string of the molecule is COc1ccc2sc(N(Cc3ccccn3)C(=O)C3CCN(S(=O)(=O)c4ccc(F)cc4F)CC3)nc2c1. The molecule has 2 aromatic carbocycles. The number of ether oxygens (including phenoxy) is 1. The van der Waals surface area contributed by atoms with E-state index in [0.717, 1.165) is 21.1 Å². The number of benzene rings is 2. The highest BCUT2D eigenvalue weighted by atomic mass is 32.2. The average Bonchev–Trinajstić information content (AvgIpc) is 3.35. The summed E-state index contributed by atoms with van der Waals surface area (Å²) in [5, 5.41) is 0.507. The van der Waals surface area contributed by atoms with Crippen LogP contribution >= 0.6 is 11.3 Å². The number of sulfonamides is 1. The molecule has 1 saturated heterocycles. The molecule has 0 radical (unpaired) electrons. The van der Waals surface area contributed by atoms with Crippen molar-refractivity contribution < 1.29 is 26.7 Å². The molecule has 5 rings (SSSR count). The number of halogens is 2. The number of amides is 1. The summed E-state index contributed by atoms with van der Waals surface area (Å²) in [5.74, 6) is -2.00. The summed E-state index contributed by atoms with van der Waals surface area (Å²) in [6, 6.07) is 13.4. The predicted octanol–water partition coefficient (Wildman–Crippen LogP) is 4.61. The summed E-state index contributed by atoms with van der Waals surface area (Å²) in [5.41, 5.74) is 1.38. The number of carbonyl (C=O) groups excluding carboxylic acids is 1. The van der Waals surface area contributed by atoms with Crippen LogP contribution in [0.2, 0.25) is 0 Å². The van der Waals surface area contributed by atoms with Crippen molar-refractivity contribution in [2.24, 2.45) is 5.92 Å². The number of piperidine rings is 1. The molecular formula is C26H24F2N4O4S2. The van der Waals surface area contributed by atoms with Crippen LogP contribution in [0.5, 0.6) is 5.75 Å². The van der Waals surface area contributed by atoms with Crippen LogP contribution in [0.4, 0.5) is 13.9 Å². The summed E-state index contributed by atoms with van der Waals surface area (Å²) in [6.07, 6.45) is 2.15. The minimum atomic E-state index is -4.17. The van der Waals surface area contributed by atoms with E-state index < -0.39 is 32.5 Å². The van der Waals surface area contributed by atoms with Crippen LogP contribution in [0.3, 0.4) is 0 Å². The van der Waals surface area contributed by atoms with Crippen LogP contribution in [-0.4, -0.2) is 48.8 Å². The molecule has 0 aliphatic carbocycles. The maximum absolute atomic E-state index is 14.2. The fourth-order valence-electron chi connectivity index (χ4n) is 4.42. The van der Waals surface area contributed by atoms with E-state index in [1.807, 2.05) is 24.3 Å². The summed E-state index contributed by atoms with van der Waals surface area (Å²) >= 11 is 1.37. The van der Waals surface area contributed by atoms with E-state index in [0.29, 0.717) is 28.2 Å². The van der Waals surface area contributed by atoms with Crippen molar-refractivity contribution >= 4 is 42.6 Å². The Morgan fingerprint density at radius 2 is 1.92 bits per heavy atom. The first-order valence-electron chi connectivity index (χ1n) is 11.9. The second-order valence-electron chi connectivity index (χ2n) is 8.83. The molecular weight excluding hydrogens is 534 g/mol. The first-order chi connectivity index (χ1) is 18.3. The number of fused-ring (bicyclic) bond motifs is 1. The molecule has 198 valence electrons. The number of pyridine rings is 1. The van der Waals surface area contributed by atoms with Gasteiger partial charge in [-0.2, -0.15) is 4.31 Å². The maximum atomic E-state index is 14.2. The zero-order valence-electron chi connectivity index (χ0n) is 20.4. The number of hydrogen-bond acceptors (Lipinski definition) is 7. The van der Waals surface area contributed by atoms with E-state index in [-0.39, 0.29) is 38.4 Å². The maximum Gasteiger partial charge on any atom is 0.245 e. The smallest absolute Gasteiger partial charge is 0.245 e. The lowest BCUT2D eigenvalue weighted by Gasteiger charge is -2.33. The lowest BCUT2D eigenvalue weighted by atomic mass is 9.96. The molecule has 0 saturated carbocycles. The standard InChI is InChI=1S/C26H24F2N4O4S2/c1-36-20-6-7-23-22(15-20)30-26(37-23)32(16-19-4-2-3-11-29-19)25(33)17-9-12-31(13-10-17)38(34,35)24-8-5-18(27)14-21(24)28/h2-8,11,14-15,17H,9-10,12-13,16H2,1H3. The Balaban J connectivity index is 1.38. The zero-order valence-corrected chi connectivity index (χ0v) is 22.0. The molecule has 2 aromatic heterocycles. The molecule has 8 nitrogen and oxygen atoms in total. The van der Waals surface area contributed by atoms with Gasteiger partial charge in [-0.1, -0.05) is 17.4 Å². The van der Waals surface area contributed by atoms with Crippen LogP contribution in [0.25, 0.3) is 10.2 Å². The van der Waals surface area contributed by atoms with Crippen LogP contribution in [-0.2, 0) is 21.4 Å². The summed E-state index contributed by atoms with van der Waals surface area (Å²) in [7, 11) is -2.60. The van der Waals surface area contributed by atoms with Crippen molar-refractivity contribution in [1.29, 1.82) is 0 Å². The number of hydrogen-bond donors (Lipinski definition) is 0. The molecule has 0 bridgehead atoms. The second kappa shape index (κ2) is 10.7. The van der Waals surface area contributed by atoms with Crippen molar-refractivity contribution in [3.8, 4) is 5.75 Å². The number of rotatable bonds is 7. The molecule has 0 spiro atoms. The third-order valence-corrected chi connectivity index (χ3v) is 9.43. The van der Waals surface area contributed by atoms with Crippen molar-refractivity contribution in [3.05, 3.63) is 78.1 Å². The molecule has 4 aromatic rings. The van der Waals surface area contributed by atoms with Gasteiger partial charge in [-0.25, -0.2) is 22.2 Å². The molecule has 3 heterocycles. The molecule has 0 unspecified atom stereocenters. The number of carbonyl (C=O) groups is 1. The first-order valence-corrected chi connectivity index (χ1v) is 14.1. The highest BCUT2D eigenvalue weighted by Gasteiger charge is 2.36. The van der Waals surface area contributed by atoms with Gasteiger partial charge in [0.15, 0.2) is 5.13 Å². The van der Waals surface area contributed by atoms with Gasteiger partial charge in [-0.05, 0) is 49.2 Å². The Kier molecular flexibility index (Phi) is 7.37. The van der Waals surface area contributed by atoms with E-state index in [1.165, 1.54) is 11.3 Å². The van der Waals surface area contributed by atoms with Gasteiger partial charge in [0, 0.05) is 37.3 Å². The fourth-order valence-corrected chi connectivity index (χ4v) is 6.88. The Hall–Kier alpha value is -3.48. The summed E-state index contributed by atoms with van der Waals surface area (Å²) in [4.78, 5) is 23.8. The Morgan fingerprint density at radius 3 is 2.61 bits per heavy atom. The van der Waals surface area contributed by atoms with Crippen molar-refractivity contribution in [3.63, 3.8) is 0 Å². The van der Waals surface area contributed by atoms with Crippen molar-refractivity contribution in [2.45, 2.75) is 24.3 Å². The minimum Gasteiger partial charge on any atom is -0.497 e. The third kappa shape index (κ3) is 5.24. The predicted molar refractivity (Wildman–Crippen MR) is 139 cm³/mol. The van der Waals surface area contributed by atoms with E-state index in [4.69, 9.17) is 4.74 Å². The minimum absolute atomic E-state index is 0.0318. The van der Waals surface area contributed by atoms with Gasteiger partial charge in [-0.3, -0.25) is 14.7 Å². The van der Waals surface area contributed by atoms with Gasteiger partial charge in [0.1, 0.15) is 22.3 Å². The topological polar surface area (TPSA) is 92.7 Å². The molecule has 0 atom stereocenters. The zero-order chi connectivity index (χ0) is 26.9. The number of nitrogens with zero attached hydrogens (tertiary/aromatic N) is 4. The molecule has 38 heavy (non-hydrogen) atoms. The highest BCUT2D eigenvalue weighted by Crippen LogP contribution is 2.34. The fraction of sp³-hybridized carbons (Fsp3) is 0.269. The lowest BCUT2D eigenvalue weighted by molar-refractivity contribution is -0.123. The van der Waals surface area contributed by atoms with E-state index in [9.17, 15) is 22.0 Å². The van der Waals surface area contributed by atoms with Gasteiger partial charge in [0.2, 0.25) is 15.9 Å². The molecule has 12 heteroatoms. The first kappa shape index (κ1) is 26.1. The van der Waals surface area contributed by atoms with Gasteiger partial charge in [-0.15, -0.1) is 0 Å².